The van der Waals surface area contributed by atoms with Gasteiger partial charge < -0.3 is 20.2 Å². The Morgan fingerprint density at radius 1 is 1.24 bits per heavy atom. The largest absolute Gasteiger partial charge is 0.384 e. The lowest BCUT2D eigenvalue weighted by Crippen LogP contribution is -2.10. The van der Waals surface area contributed by atoms with E-state index >= 15 is 0 Å². The summed E-state index contributed by atoms with van der Waals surface area (Å²) in [6, 6.07) is 3.56. The van der Waals surface area contributed by atoms with Crippen LogP contribution in [0.15, 0.2) is 12.1 Å². The number of rotatable bonds is 5. The highest BCUT2D eigenvalue weighted by Crippen LogP contribution is 2.19. The standard InChI is InChI=1S/C11H16N4O2/c1-3-16-11(17-4-2)10-13-7-5-6-8(12)14-9(7)15-10/h5-6,11H,3-4H2,1-2H3,(H3,12,13,14,15). The fourth-order valence-corrected chi connectivity index (χ4v) is 1.55. The van der Waals surface area contributed by atoms with Crippen LogP contribution in [0, 0.1) is 0 Å². The summed E-state index contributed by atoms with van der Waals surface area (Å²) in [7, 11) is 0. The van der Waals surface area contributed by atoms with E-state index in [1.807, 2.05) is 19.9 Å². The first-order chi connectivity index (χ1) is 8.24. The number of ether oxygens (including phenoxy) is 2. The molecule has 6 nitrogen and oxygen atoms in total. The van der Waals surface area contributed by atoms with Crippen LogP contribution in [0.5, 0.6) is 0 Å². The Labute approximate surface area is 99.2 Å². The van der Waals surface area contributed by atoms with Gasteiger partial charge in [0, 0.05) is 13.2 Å². The Morgan fingerprint density at radius 2 is 1.94 bits per heavy atom. The van der Waals surface area contributed by atoms with Gasteiger partial charge in [0.2, 0.25) is 6.29 Å². The van der Waals surface area contributed by atoms with Gasteiger partial charge in [-0.2, -0.15) is 0 Å². The monoisotopic (exact) mass is 236 g/mol. The van der Waals surface area contributed by atoms with Crippen molar-refractivity contribution in [1.82, 2.24) is 15.0 Å². The van der Waals surface area contributed by atoms with Crippen LogP contribution in [0.4, 0.5) is 5.82 Å². The number of nitrogens with one attached hydrogen (secondary N) is 1. The molecule has 0 aliphatic rings. The molecule has 2 aromatic heterocycles. The highest BCUT2D eigenvalue weighted by molar-refractivity contribution is 5.72. The van der Waals surface area contributed by atoms with E-state index in [0.717, 1.165) is 5.52 Å². The van der Waals surface area contributed by atoms with Gasteiger partial charge in [-0.05, 0) is 26.0 Å². The van der Waals surface area contributed by atoms with Crippen molar-refractivity contribution in [3.63, 3.8) is 0 Å². The van der Waals surface area contributed by atoms with Gasteiger partial charge in [0.25, 0.3) is 0 Å². The number of fused-ring (bicyclic) bond motifs is 1. The molecule has 0 amide bonds. The van der Waals surface area contributed by atoms with Crippen molar-refractivity contribution in [2.45, 2.75) is 20.1 Å². The minimum Gasteiger partial charge on any atom is -0.384 e. The van der Waals surface area contributed by atoms with Crippen LogP contribution in [-0.2, 0) is 9.47 Å². The van der Waals surface area contributed by atoms with Crippen molar-refractivity contribution in [3.8, 4) is 0 Å². The number of pyridine rings is 1. The Kier molecular flexibility index (Phi) is 3.55. The number of imidazole rings is 1. The SMILES string of the molecule is CCOC(OCC)c1nc2nc(N)ccc2[nH]1. The summed E-state index contributed by atoms with van der Waals surface area (Å²) in [5.74, 6) is 1.06. The zero-order valence-electron chi connectivity index (χ0n) is 9.93. The number of aromatic nitrogens is 3. The van der Waals surface area contributed by atoms with Gasteiger partial charge in [-0.15, -0.1) is 0 Å². The first kappa shape index (κ1) is 11.8. The zero-order valence-corrected chi connectivity index (χ0v) is 9.93. The highest BCUT2D eigenvalue weighted by atomic mass is 16.7. The molecule has 0 radical (unpaired) electrons. The maximum atomic E-state index is 5.60. The van der Waals surface area contributed by atoms with Gasteiger partial charge in [0.05, 0.1) is 5.52 Å². The maximum Gasteiger partial charge on any atom is 0.217 e. The quantitative estimate of drug-likeness (QED) is 0.770. The van der Waals surface area contributed by atoms with E-state index < -0.39 is 6.29 Å². The third-order valence-electron chi connectivity index (χ3n) is 2.25. The lowest BCUT2D eigenvalue weighted by atomic mass is 10.4. The lowest BCUT2D eigenvalue weighted by molar-refractivity contribution is -0.144. The van der Waals surface area contributed by atoms with Crippen molar-refractivity contribution in [1.29, 1.82) is 0 Å². The molecule has 0 atom stereocenters. The number of hydrogen-bond donors (Lipinski definition) is 2. The number of aromatic amines is 1. The van der Waals surface area contributed by atoms with Crippen LogP contribution in [0.1, 0.15) is 26.0 Å². The van der Waals surface area contributed by atoms with Crippen LogP contribution < -0.4 is 5.73 Å². The van der Waals surface area contributed by atoms with Crippen molar-refractivity contribution in [3.05, 3.63) is 18.0 Å². The van der Waals surface area contributed by atoms with Gasteiger partial charge in [0.1, 0.15) is 5.82 Å². The number of hydrogen-bond acceptors (Lipinski definition) is 5. The van der Waals surface area contributed by atoms with Gasteiger partial charge in [-0.25, -0.2) is 9.97 Å². The lowest BCUT2D eigenvalue weighted by Gasteiger charge is -2.13. The summed E-state index contributed by atoms with van der Waals surface area (Å²) in [5.41, 5.74) is 6.99. The van der Waals surface area contributed by atoms with Crippen molar-refractivity contribution >= 4 is 17.0 Å². The molecule has 2 aromatic rings. The minimum absolute atomic E-state index is 0.444. The number of H-pyrrole nitrogens is 1. The highest BCUT2D eigenvalue weighted by Gasteiger charge is 2.16. The summed E-state index contributed by atoms with van der Waals surface area (Å²) in [5, 5.41) is 0. The Bertz CT molecular complexity index is 491. The fraction of sp³-hybridized carbons (Fsp3) is 0.455. The molecule has 0 unspecified atom stereocenters. The average molecular weight is 236 g/mol. The Hall–Kier alpha value is -1.66. The number of nitrogens with zero attached hydrogens (tertiary/aromatic N) is 2. The second-order valence-electron chi connectivity index (χ2n) is 3.47. The number of nitrogen functional groups attached to an aromatic ring is 1. The van der Waals surface area contributed by atoms with E-state index in [0.29, 0.717) is 30.5 Å². The summed E-state index contributed by atoms with van der Waals surface area (Å²) in [6.45, 7) is 4.92. The van der Waals surface area contributed by atoms with E-state index in [1.54, 1.807) is 6.07 Å². The summed E-state index contributed by atoms with van der Waals surface area (Å²) in [6.07, 6.45) is -0.486. The molecule has 0 spiro atoms. The molecule has 0 aliphatic heterocycles. The van der Waals surface area contributed by atoms with E-state index in [2.05, 4.69) is 15.0 Å². The minimum atomic E-state index is -0.486. The zero-order chi connectivity index (χ0) is 12.3. The topological polar surface area (TPSA) is 86.1 Å². The van der Waals surface area contributed by atoms with Gasteiger partial charge in [-0.3, -0.25) is 0 Å². The summed E-state index contributed by atoms with van der Waals surface area (Å²) < 4.78 is 10.9. The Balaban J connectivity index is 2.33. The molecular weight excluding hydrogens is 220 g/mol. The predicted molar refractivity (Wildman–Crippen MR) is 64.3 cm³/mol. The van der Waals surface area contributed by atoms with Gasteiger partial charge in [0.15, 0.2) is 11.5 Å². The maximum absolute atomic E-state index is 5.60. The molecule has 0 saturated carbocycles. The summed E-state index contributed by atoms with van der Waals surface area (Å²) in [4.78, 5) is 11.6. The van der Waals surface area contributed by atoms with E-state index in [1.165, 1.54) is 0 Å². The molecule has 2 rings (SSSR count). The second-order valence-corrected chi connectivity index (χ2v) is 3.47. The number of nitrogens with two attached hydrogens (primary N) is 1. The van der Waals surface area contributed by atoms with Crippen molar-refractivity contribution < 1.29 is 9.47 Å². The third-order valence-corrected chi connectivity index (χ3v) is 2.25. The van der Waals surface area contributed by atoms with Crippen LogP contribution in [0.3, 0.4) is 0 Å². The predicted octanol–water partition coefficient (Wildman–Crippen LogP) is 1.61. The number of anilines is 1. The molecule has 0 fully saturated rings. The Morgan fingerprint density at radius 3 is 2.59 bits per heavy atom. The molecular formula is C11H16N4O2. The molecule has 0 aliphatic carbocycles. The molecule has 92 valence electrons. The van der Waals surface area contributed by atoms with Crippen molar-refractivity contribution in [2.24, 2.45) is 0 Å². The van der Waals surface area contributed by atoms with Crippen LogP contribution >= 0.6 is 0 Å². The molecule has 2 heterocycles. The van der Waals surface area contributed by atoms with E-state index in [9.17, 15) is 0 Å². The summed E-state index contributed by atoms with van der Waals surface area (Å²) >= 11 is 0. The normalized spacial score (nSPS) is 11.5. The fourth-order valence-electron chi connectivity index (χ4n) is 1.55. The van der Waals surface area contributed by atoms with Crippen molar-refractivity contribution in [2.75, 3.05) is 18.9 Å². The molecule has 0 aromatic carbocycles. The molecule has 17 heavy (non-hydrogen) atoms. The van der Waals surface area contributed by atoms with E-state index in [4.69, 9.17) is 15.2 Å². The molecule has 3 N–H and O–H groups in total. The van der Waals surface area contributed by atoms with Crippen LogP contribution in [0.2, 0.25) is 0 Å². The van der Waals surface area contributed by atoms with Gasteiger partial charge in [-0.1, -0.05) is 0 Å². The smallest absolute Gasteiger partial charge is 0.217 e. The first-order valence-electron chi connectivity index (χ1n) is 5.60. The van der Waals surface area contributed by atoms with Gasteiger partial charge >= 0.3 is 0 Å². The third kappa shape index (κ3) is 2.54. The molecule has 0 bridgehead atoms. The van der Waals surface area contributed by atoms with Crippen LogP contribution in [-0.4, -0.2) is 28.2 Å². The molecule has 0 saturated heterocycles. The first-order valence-corrected chi connectivity index (χ1v) is 5.60. The second kappa shape index (κ2) is 5.11. The van der Waals surface area contributed by atoms with E-state index in [-0.39, 0.29) is 0 Å². The average Bonchev–Trinajstić information content (AvgIpc) is 2.71. The molecule has 6 heteroatoms. The van der Waals surface area contributed by atoms with Crippen LogP contribution in [0.25, 0.3) is 11.2 Å².